The summed E-state index contributed by atoms with van der Waals surface area (Å²) in [5.74, 6) is 0.273. The molecule has 0 atom stereocenters. The van der Waals surface area contributed by atoms with Crippen LogP contribution in [0.15, 0.2) is 12.7 Å². The number of hydrogen-bond acceptors (Lipinski definition) is 2. The molecule has 0 aromatic rings. The molecule has 0 saturated heterocycles. The van der Waals surface area contributed by atoms with E-state index in [1.54, 1.807) is 0 Å². The van der Waals surface area contributed by atoms with E-state index in [2.05, 4.69) is 20.4 Å². The van der Waals surface area contributed by atoms with Crippen molar-refractivity contribution in [2.75, 3.05) is 0 Å². The largest absolute Gasteiger partial charge is 0.513 e. The number of rotatable bonds is 4. The normalized spacial score (nSPS) is 9.50. The van der Waals surface area contributed by atoms with E-state index in [1.165, 1.54) is 6.08 Å². The summed E-state index contributed by atoms with van der Waals surface area (Å²) in [5.41, 5.74) is 0. The smallest absolute Gasteiger partial charge is 0.316 e. The van der Waals surface area contributed by atoms with E-state index in [-0.39, 0.29) is 15.7 Å². The van der Waals surface area contributed by atoms with Crippen molar-refractivity contribution in [3.63, 3.8) is 0 Å². The third-order valence-corrected chi connectivity index (χ3v) is 2.16. The molecule has 0 saturated carbocycles. The van der Waals surface area contributed by atoms with Gasteiger partial charge >= 0.3 is 15.7 Å². The van der Waals surface area contributed by atoms with Crippen LogP contribution in [0.25, 0.3) is 0 Å². The zero-order valence-electron chi connectivity index (χ0n) is 6.39. The van der Waals surface area contributed by atoms with E-state index in [9.17, 15) is 4.79 Å². The Labute approximate surface area is 64.2 Å². The van der Waals surface area contributed by atoms with Gasteiger partial charge in [-0.1, -0.05) is 20.4 Å². The minimum atomic E-state index is -0.320. The second-order valence-corrected chi connectivity index (χ2v) is 3.27. The molecule has 0 amide bonds. The third kappa shape index (κ3) is 5.56. The molecular formula is C7H12O2Si. The van der Waals surface area contributed by atoms with Crippen LogP contribution in [0.4, 0.5) is 0 Å². The van der Waals surface area contributed by atoms with Gasteiger partial charge < -0.3 is 4.43 Å². The van der Waals surface area contributed by atoms with E-state index in [0.29, 0.717) is 5.92 Å². The lowest BCUT2D eigenvalue weighted by Gasteiger charge is -2.01. The summed E-state index contributed by atoms with van der Waals surface area (Å²) in [5, 5.41) is 0. The van der Waals surface area contributed by atoms with Gasteiger partial charge in [0.15, 0.2) is 0 Å². The first kappa shape index (κ1) is 9.43. The van der Waals surface area contributed by atoms with Crippen LogP contribution in [0.5, 0.6) is 0 Å². The number of carbonyl (C=O) groups excluding carboxylic acids is 1. The summed E-state index contributed by atoms with van der Waals surface area (Å²) in [7, 11) is 0.279. The molecule has 0 heterocycles. The molecule has 0 unspecified atom stereocenters. The third-order valence-electron chi connectivity index (χ3n) is 0.831. The summed E-state index contributed by atoms with van der Waals surface area (Å²) >= 11 is 0. The molecule has 0 aromatic heterocycles. The van der Waals surface area contributed by atoms with Crippen LogP contribution in [0.1, 0.15) is 13.8 Å². The molecular weight excluding hydrogens is 144 g/mol. The highest BCUT2D eigenvalue weighted by Crippen LogP contribution is 1.98. The van der Waals surface area contributed by atoms with Gasteiger partial charge in [0.1, 0.15) is 0 Å². The highest BCUT2D eigenvalue weighted by Gasteiger charge is 1.99. The van der Waals surface area contributed by atoms with Crippen LogP contribution in [0.3, 0.4) is 0 Å². The van der Waals surface area contributed by atoms with Crippen LogP contribution in [-0.4, -0.2) is 15.7 Å². The van der Waals surface area contributed by atoms with Gasteiger partial charge in [0.25, 0.3) is 0 Å². The Hall–Kier alpha value is -0.573. The Bertz CT molecular complexity index is 121. The van der Waals surface area contributed by atoms with Crippen molar-refractivity contribution in [2.45, 2.75) is 19.9 Å². The Morgan fingerprint density at radius 1 is 1.80 bits per heavy atom. The van der Waals surface area contributed by atoms with Crippen LogP contribution in [-0.2, 0) is 9.22 Å². The second kappa shape index (κ2) is 5.23. The van der Waals surface area contributed by atoms with Crippen molar-refractivity contribution in [1.29, 1.82) is 0 Å². The molecule has 56 valence electrons. The predicted molar refractivity (Wildman–Crippen MR) is 41.7 cm³/mol. The van der Waals surface area contributed by atoms with Crippen LogP contribution < -0.4 is 0 Å². The van der Waals surface area contributed by atoms with Crippen molar-refractivity contribution in [3.05, 3.63) is 12.7 Å². The van der Waals surface area contributed by atoms with Crippen molar-refractivity contribution in [3.8, 4) is 0 Å². The van der Waals surface area contributed by atoms with Gasteiger partial charge in [0.05, 0.1) is 0 Å². The van der Waals surface area contributed by atoms with E-state index in [1.807, 2.05) is 0 Å². The van der Waals surface area contributed by atoms with Gasteiger partial charge in [0.2, 0.25) is 0 Å². The fourth-order valence-corrected chi connectivity index (χ4v) is 0.963. The van der Waals surface area contributed by atoms with Crippen molar-refractivity contribution in [2.24, 2.45) is 5.92 Å². The standard InChI is InChI=1S/C7H12O2Si/c1-4-7(8)9-10-5-6(2)3/h4,6H,1,5H2,2-3H3. The molecule has 0 aliphatic rings. The molecule has 0 aliphatic carbocycles. The van der Waals surface area contributed by atoms with Gasteiger partial charge in [-0.05, 0) is 12.0 Å². The summed E-state index contributed by atoms with van der Waals surface area (Å²) in [6.07, 6.45) is 1.19. The average Bonchev–Trinajstić information content (AvgIpc) is 1.87. The number of carbonyl (C=O) groups is 1. The first-order valence-corrected chi connectivity index (χ1v) is 4.34. The van der Waals surface area contributed by atoms with Crippen LogP contribution in [0, 0.1) is 5.92 Å². The monoisotopic (exact) mass is 156 g/mol. The Balaban J connectivity index is 3.19. The first-order valence-electron chi connectivity index (χ1n) is 3.23. The Morgan fingerprint density at radius 2 is 2.40 bits per heavy atom. The first-order chi connectivity index (χ1) is 4.66. The molecule has 0 fully saturated rings. The lowest BCUT2D eigenvalue weighted by Crippen LogP contribution is -2.06. The highest BCUT2D eigenvalue weighted by atomic mass is 28.2. The average molecular weight is 156 g/mol. The highest BCUT2D eigenvalue weighted by molar-refractivity contribution is 6.31. The van der Waals surface area contributed by atoms with E-state index in [4.69, 9.17) is 4.43 Å². The predicted octanol–water partition coefficient (Wildman–Crippen LogP) is 1.41. The zero-order valence-corrected chi connectivity index (χ0v) is 7.39. The summed E-state index contributed by atoms with van der Waals surface area (Å²) < 4.78 is 4.77. The summed E-state index contributed by atoms with van der Waals surface area (Å²) in [6.45, 7) is 7.47. The molecule has 0 aliphatic heterocycles. The Morgan fingerprint density at radius 3 is 2.80 bits per heavy atom. The van der Waals surface area contributed by atoms with Gasteiger partial charge in [-0.2, -0.15) is 0 Å². The Kier molecular flexibility index (Phi) is 4.93. The fraction of sp³-hybridized carbons (Fsp3) is 0.571. The molecule has 0 bridgehead atoms. The molecule has 2 radical (unpaired) electrons. The van der Waals surface area contributed by atoms with E-state index < -0.39 is 0 Å². The van der Waals surface area contributed by atoms with Crippen molar-refractivity contribution in [1.82, 2.24) is 0 Å². The van der Waals surface area contributed by atoms with Crippen molar-refractivity contribution >= 4 is 15.7 Å². The molecule has 0 aromatic carbocycles. The fourth-order valence-electron chi connectivity index (χ4n) is 0.321. The lowest BCUT2D eigenvalue weighted by atomic mass is 10.3. The van der Waals surface area contributed by atoms with E-state index in [0.717, 1.165) is 6.04 Å². The molecule has 2 nitrogen and oxygen atoms in total. The quantitative estimate of drug-likeness (QED) is 0.454. The molecule has 0 spiro atoms. The maximum Gasteiger partial charge on any atom is 0.316 e. The minimum Gasteiger partial charge on any atom is -0.513 e. The summed E-state index contributed by atoms with van der Waals surface area (Å²) in [6, 6.07) is 0.944. The minimum absolute atomic E-state index is 0.279. The molecule has 0 N–H and O–H groups in total. The second-order valence-electron chi connectivity index (χ2n) is 2.37. The maximum absolute atomic E-state index is 10.5. The van der Waals surface area contributed by atoms with Crippen LogP contribution >= 0.6 is 0 Å². The van der Waals surface area contributed by atoms with Crippen molar-refractivity contribution < 1.29 is 9.22 Å². The summed E-state index contributed by atoms with van der Waals surface area (Å²) in [4.78, 5) is 10.5. The van der Waals surface area contributed by atoms with Crippen LogP contribution in [0.2, 0.25) is 6.04 Å². The maximum atomic E-state index is 10.5. The molecule has 0 rings (SSSR count). The topological polar surface area (TPSA) is 26.3 Å². The van der Waals surface area contributed by atoms with Gasteiger partial charge in [-0.3, -0.25) is 0 Å². The SMILES string of the molecule is C=CC(=O)O[Si]CC(C)C. The lowest BCUT2D eigenvalue weighted by molar-refractivity contribution is -0.128. The van der Waals surface area contributed by atoms with E-state index >= 15 is 0 Å². The molecule has 3 heteroatoms. The van der Waals surface area contributed by atoms with Gasteiger partial charge in [-0.25, -0.2) is 4.79 Å². The number of hydrogen-bond donors (Lipinski definition) is 0. The molecule has 10 heavy (non-hydrogen) atoms. The van der Waals surface area contributed by atoms with Gasteiger partial charge in [-0.15, -0.1) is 0 Å². The van der Waals surface area contributed by atoms with Gasteiger partial charge in [0, 0.05) is 6.08 Å². The zero-order chi connectivity index (χ0) is 7.98.